The molecule has 0 radical (unpaired) electrons. The molecule has 24 heavy (non-hydrogen) atoms. The van der Waals surface area contributed by atoms with Gasteiger partial charge in [0.05, 0.1) is 27.9 Å². The van der Waals surface area contributed by atoms with E-state index >= 15 is 0 Å². The van der Waals surface area contributed by atoms with Gasteiger partial charge < -0.3 is 24.8 Å². The highest BCUT2D eigenvalue weighted by molar-refractivity contribution is 5.80. The highest BCUT2D eigenvalue weighted by Gasteiger charge is 2.16. The average Bonchev–Trinajstić information content (AvgIpc) is 3.12. The van der Waals surface area contributed by atoms with Crippen molar-refractivity contribution in [3.8, 4) is 17.2 Å². The molecule has 0 atom stereocenters. The number of aliphatic imine (C=N–C) groups is 1. The maximum Gasteiger partial charge on any atom is 0.191 e. The van der Waals surface area contributed by atoms with Gasteiger partial charge in [0.15, 0.2) is 17.5 Å². The van der Waals surface area contributed by atoms with Crippen LogP contribution in [0.25, 0.3) is 0 Å². The van der Waals surface area contributed by atoms with Gasteiger partial charge in [0.1, 0.15) is 5.75 Å². The summed E-state index contributed by atoms with van der Waals surface area (Å²) in [6, 6.07) is 4.27. The van der Waals surface area contributed by atoms with Crippen LogP contribution in [-0.4, -0.2) is 39.9 Å². The van der Waals surface area contributed by atoms with Gasteiger partial charge in [0.25, 0.3) is 0 Å². The van der Waals surface area contributed by atoms with Crippen LogP contribution in [0.2, 0.25) is 0 Å². The van der Waals surface area contributed by atoms with Crippen molar-refractivity contribution in [3.63, 3.8) is 0 Å². The fourth-order valence-corrected chi connectivity index (χ4v) is 2.96. The first-order valence-corrected chi connectivity index (χ1v) is 8.55. The van der Waals surface area contributed by atoms with Crippen molar-refractivity contribution in [2.24, 2.45) is 4.99 Å². The molecule has 1 aliphatic rings. The Balaban J connectivity index is 2.16. The van der Waals surface area contributed by atoms with Crippen molar-refractivity contribution in [1.82, 2.24) is 10.6 Å². The predicted molar refractivity (Wildman–Crippen MR) is 96.3 cm³/mol. The summed E-state index contributed by atoms with van der Waals surface area (Å²) in [5.41, 5.74) is 0.957. The molecule has 1 aliphatic carbocycles. The number of benzene rings is 1. The number of hydrogen-bond donors (Lipinski definition) is 2. The lowest BCUT2D eigenvalue weighted by Gasteiger charge is -2.17. The van der Waals surface area contributed by atoms with E-state index in [0.717, 1.165) is 23.8 Å². The van der Waals surface area contributed by atoms with Crippen LogP contribution in [0, 0.1) is 0 Å². The Kier molecular flexibility index (Phi) is 7.03. The molecular formula is C18H29N3O3. The van der Waals surface area contributed by atoms with Crippen LogP contribution in [0.15, 0.2) is 17.1 Å². The van der Waals surface area contributed by atoms with Gasteiger partial charge in [-0.25, -0.2) is 4.99 Å². The third-order valence-corrected chi connectivity index (χ3v) is 4.23. The molecule has 0 saturated heterocycles. The molecule has 0 spiro atoms. The number of guanidine groups is 1. The summed E-state index contributed by atoms with van der Waals surface area (Å²) >= 11 is 0. The SMILES string of the molecule is CCNC(=NCc1cc(OC)c(OC)cc1OC)NC1CCCC1. The van der Waals surface area contributed by atoms with Crippen LogP contribution in [0.5, 0.6) is 17.2 Å². The average molecular weight is 335 g/mol. The van der Waals surface area contributed by atoms with E-state index in [-0.39, 0.29) is 0 Å². The summed E-state index contributed by atoms with van der Waals surface area (Å²) in [6.07, 6.45) is 5.01. The van der Waals surface area contributed by atoms with Gasteiger partial charge in [-0.15, -0.1) is 0 Å². The molecule has 0 bridgehead atoms. The fourth-order valence-electron chi connectivity index (χ4n) is 2.96. The van der Waals surface area contributed by atoms with E-state index in [4.69, 9.17) is 19.2 Å². The minimum Gasteiger partial charge on any atom is -0.496 e. The van der Waals surface area contributed by atoms with Crippen molar-refractivity contribution < 1.29 is 14.2 Å². The lowest BCUT2D eigenvalue weighted by molar-refractivity contribution is 0.347. The standard InChI is InChI=1S/C18H29N3O3/c1-5-19-18(21-14-8-6-7-9-14)20-12-13-10-16(23-3)17(24-4)11-15(13)22-2/h10-11,14H,5-9,12H2,1-4H3,(H2,19,20,21). The molecule has 0 aliphatic heterocycles. The highest BCUT2D eigenvalue weighted by Crippen LogP contribution is 2.34. The largest absolute Gasteiger partial charge is 0.496 e. The van der Waals surface area contributed by atoms with Crippen LogP contribution in [0.1, 0.15) is 38.2 Å². The summed E-state index contributed by atoms with van der Waals surface area (Å²) in [6.45, 7) is 3.41. The van der Waals surface area contributed by atoms with Crippen LogP contribution in [0.3, 0.4) is 0 Å². The van der Waals surface area contributed by atoms with Crippen LogP contribution >= 0.6 is 0 Å². The summed E-state index contributed by atoms with van der Waals surface area (Å²) in [4.78, 5) is 4.70. The monoisotopic (exact) mass is 335 g/mol. The topological polar surface area (TPSA) is 64.1 Å². The number of hydrogen-bond acceptors (Lipinski definition) is 4. The number of rotatable bonds is 7. The summed E-state index contributed by atoms with van der Waals surface area (Å²) in [5.74, 6) is 2.92. The molecule has 134 valence electrons. The molecular weight excluding hydrogens is 306 g/mol. The zero-order valence-electron chi connectivity index (χ0n) is 15.1. The maximum absolute atomic E-state index is 5.47. The highest BCUT2D eigenvalue weighted by atomic mass is 16.5. The van der Waals surface area contributed by atoms with Gasteiger partial charge in [-0.3, -0.25) is 0 Å². The molecule has 6 nitrogen and oxygen atoms in total. The first kappa shape index (κ1) is 18.2. The number of methoxy groups -OCH3 is 3. The quantitative estimate of drug-likeness (QED) is 0.592. The Morgan fingerprint density at radius 1 is 1.04 bits per heavy atom. The molecule has 2 rings (SSSR count). The molecule has 0 aromatic heterocycles. The Morgan fingerprint density at radius 2 is 1.67 bits per heavy atom. The minimum absolute atomic E-state index is 0.506. The van der Waals surface area contributed by atoms with Crippen molar-refractivity contribution in [2.75, 3.05) is 27.9 Å². The van der Waals surface area contributed by atoms with Gasteiger partial charge in [-0.1, -0.05) is 12.8 Å². The first-order valence-electron chi connectivity index (χ1n) is 8.55. The van der Waals surface area contributed by atoms with E-state index in [0.29, 0.717) is 24.1 Å². The summed E-state index contributed by atoms with van der Waals surface area (Å²) < 4.78 is 16.2. The second kappa shape index (κ2) is 9.25. The van der Waals surface area contributed by atoms with E-state index in [1.54, 1.807) is 21.3 Å². The molecule has 1 aromatic rings. The van der Waals surface area contributed by atoms with Gasteiger partial charge in [0.2, 0.25) is 0 Å². The Hall–Kier alpha value is -2.11. The summed E-state index contributed by atoms with van der Waals surface area (Å²) in [5, 5.41) is 6.83. The van der Waals surface area contributed by atoms with E-state index in [1.807, 2.05) is 12.1 Å². The van der Waals surface area contributed by atoms with Gasteiger partial charge >= 0.3 is 0 Å². The van der Waals surface area contributed by atoms with E-state index in [9.17, 15) is 0 Å². The normalized spacial score (nSPS) is 15.2. The third kappa shape index (κ3) is 4.69. The lowest BCUT2D eigenvalue weighted by atomic mass is 10.1. The first-order chi connectivity index (χ1) is 11.7. The zero-order valence-corrected chi connectivity index (χ0v) is 15.1. The van der Waals surface area contributed by atoms with Crippen LogP contribution in [0.4, 0.5) is 0 Å². The molecule has 1 saturated carbocycles. The van der Waals surface area contributed by atoms with Crippen molar-refractivity contribution in [3.05, 3.63) is 17.7 Å². The maximum atomic E-state index is 5.47. The molecule has 6 heteroatoms. The van der Waals surface area contributed by atoms with Gasteiger partial charge in [-0.2, -0.15) is 0 Å². The van der Waals surface area contributed by atoms with Gasteiger partial charge in [-0.05, 0) is 25.8 Å². The van der Waals surface area contributed by atoms with E-state index in [1.165, 1.54) is 25.7 Å². The second-order valence-electron chi connectivity index (χ2n) is 5.84. The Labute approximate surface area is 144 Å². The summed E-state index contributed by atoms with van der Waals surface area (Å²) in [7, 11) is 4.89. The Bertz CT molecular complexity index is 555. The van der Waals surface area contributed by atoms with E-state index < -0.39 is 0 Å². The number of nitrogens with one attached hydrogen (secondary N) is 2. The molecule has 1 aromatic carbocycles. The molecule has 1 fully saturated rings. The number of nitrogens with zero attached hydrogens (tertiary/aromatic N) is 1. The number of ether oxygens (including phenoxy) is 3. The van der Waals surface area contributed by atoms with Gasteiger partial charge in [0, 0.05) is 24.2 Å². The van der Waals surface area contributed by atoms with Crippen LogP contribution in [-0.2, 0) is 6.54 Å². The molecule has 2 N–H and O–H groups in total. The van der Waals surface area contributed by atoms with E-state index in [2.05, 4.69) is 17.6 Å². The van der Waals surface area contributed by atoms with Crippen molar-refractivity contribution in [1.29, 1.82) is 0 Å². The minimum atomic E-state index is 0.506. The predicted octanol–water partition coefficient (Wildman–Crippen LogP) is 2.71. The van der Waals surface area contributed by atoms with Crippen molar-refractivity contribution >= 4 is 5.96 Å². The molecule has 0 heterocycles. The smallest absolute Gasteiger partial charge is 0.191 e. The lowest BCUT2D eigenvalue weighted by Crippen LogP contribution is -2.42. The molecule has 0 amide bonds. The van der Waals surface area contributed by atoms with Crippen molar-refractivity contribution in [2.45, 2.75) is 45.2 Å². The Morgan fingerprint density at radius 3 is 2.25 bits per heavy atom. The third-order valence-electron chi connectivity index (χ3n) is 4.23. The fraction of sp³-hybridized carbons (Fsp3) is 0.611. The van der Waals surface area contributed by atoms with Crippen LogP contribution < -0.4 is 24.8 Å². The molecule has 0 unspecified atom stereocenters. The second-order valence-corrected chi connectivity index (χ2v) is 5.84. The zero-order chi connectivity index (χ0) is 17.4.